The minimum Gasteiger partial charge on any atom is -0.307 e. The molecule has 6 nitrogen and oxygen atoms in total. The highest BCUT2D eigenvalue weighted by atomic mass is 15.4. The first-order chi connectivity index (χ1) is 24.8. The van der Waals surface area contributed by atoms with Gasteiger partial charge in [0.25, 0.3) is 0 Å². The Morgan fingerprint density at radius 2 is 0.840 bits per heavy atom. The highest BCUT2D eigenvalue weighted by molar-refractivity contribution is 6.23. The second-order valence-electron chi connectivity index (χ2n) is 13.0. The Bertz CT molecular complexity index is 2580. The van der Waals surface area contributed by atoms with Crippen molar-refractivity contribution >= 4 is 43.6 Å². The van der Waals surface area contributed by atoms with Crippen molar-refractivity contribution in [3.8, 4) is 11.5 Å². The van der Waals surface area contributed by atoms with E-state index < -0.39 is 0 Å². The van der Waals surface area contributed by atoms with Crippen LogP contribution in [0, 0.1) is 0 Å². The molecule has 9 aromatic rings. The minimum atomic E-state index is -0.126. The SMILES string of the molecule is c1ccc(C2NC(c3ccccc3)NC(c3ccc(-n4c5ccccc5c5ccc6c7ccccc7n(-c7ccccc7)c6c54)nc3)N2)cc1. The van der Waals surface area contributed by atoms with Crippen LogP contribution in [-0.2, 0) is 0 Å². The number of fused-ring (bicyclic) bond motifs is 7. The predicted molar refractivity (Wildman–Crippen MR) is 203 cm³/mol. The number of hydrogen-bond acceptors (Lipinski definition) is 4. The third-order valence-electron chi connectivity index (χ3n) is 10.1. The highest BCUT2D eigenvalue weighted by Crippen LogP contribution is 2.41. The Balaban J connectivity index is 1.14. The van der Waals surface area contributed by atoms with E-state index in [4.69, 9.17) is 4.98 Å². The van der Waals surface area contributed by atoms with E-state index in [0.29, 0.717) is 0 Å². The first-order valence-electron chi connectivity index (χ1n) is 17.2. The maximum Gasteiger partial charge on any atom is 0.137 e. The van der Waals surface area contributed by atoms with Gasteiger partial charge >= 0.3 is 0 Å². The van der Waals surface area contributed by atoms with E-state index in [2.05, 4.69) is 189 Å². The Morgan fingerprint density at radius 3 is 1.38 bits per heavy atom. The molecule has 0 radical (unpaired) electrons. The molecule has 240 valence electrons. The molecule has 1 aliphatic rings. The molecule has 10 rings (SSSR count). The second-order valence-corrected chi connectivity index (χ2v) is 13.0. The molecule has 6 heteroatoms. The van der Waals surface area contributed by atoms with Crippen LogP contribution in [0.3, 0.4) is 0 Å². The second kappa shape index (κ2) is 11.8. The molecule has 0 aliphatic carbocycles. The summed E-state index contributed by atoms with van der Waals surface area (Å²) in [5.74, 6) is 0.880. The van der Waals surface area contributed by atoms with Gasteiger partial charge in [-0.2, -0.15) is 0 Å². The normalized spacial score (nSPS) is 18.0. The first kappa shape index (κ1) is 28.9. The molecule has 0 bridgehead atoms. The van der Waals surface area contributed by atoms with Crippen molar-refractivity contribution in [1.29, 1.82) is 0 Å². The monoisotopic (exact) mass is 646 g/mol. The molecule has 1 aliphatic heterocycles. The first-order valence-corrected chi connectivity index (χ1v) is 17.2. The topological polar surface area (TPSA) is 58.8 Å². The molecule has 6 aromatic carbocycles. The molecule has 4 heterocycles. The molecule has 1 fully saturated rings. The summed E-state index contributed by atoms with van der Waals surface area (Å²) in [6.07, 6.45) is 1.80. The van der Waals surface area contributed by atoms with Gasteiger partial charge in [-0.15, -0.1) is 0 Å². The zero-order valence-corrected chi connectivity index (χ0v) is 27.2. The van der Waals surface area contributed by atoms with Crippen molar-refractivity contribution in [3.63, 3.8) is 0 Å². The van der Waals surface area contributed by atoms with Gasteiger partial charge in [-0.3, -0.25) is 20.5 Å². The lowest BCUT2D eigenvalue weighted by Crippen LogP contribution is -2.54. The zero-order chi connectivity index (χ0) is 33.0. The van der Waals surface area contributed by atoms with Crippen molar-refractivity contribution in [2.75, 3.05) is 0 Å². The summed E-state index contributed by atoms with van der Waals surface area (Å²) in [5.41, 5.74) is 9.22. The van der Waals surface area contributed by atoms with Gasteiger partial charge in [0, 0.05) is 39.0 Å². The van der Waals surface area contributed by atoms with Crippen molar-refractivity contribution in [2.45, 2.75) is 18.5 Å². The van der Waals surface area contributed by atoms with Crippen LogP contribution in [0.5, 0.6) is 0 Å². The van der Waals surface area contributed by atoms with Gasteiger partial charge in [-0.05, 0) is 41.5 Å². The number of rotatable bonds is 5. The number of pyridine rings is 1. The van der Waals surface area contributed by atoms with Crippen LogP contribution in [0.15, 0.2) is 170 Å². The Labute approximate surface area is 289 Å². The Kier molecular flexibility index (Phi) is 6.84. The van der Waals surface area contributed by atoms with Crippen molar-refractivity contribution in [1.82, 2.24) is 30.1 Å². The van der Waals surface area contributed by atoms with Crippen molar-refractivity contribution in [3.05, 3.63) is 187 Å². The van der Waals surface area contributed by atoms with E-state index in [1.54, 1.807) is 0 Å². The summed E-state index contributed by atoms with van der Waals surface area (Å²) in [6, 6.07) is 58.1. The number of benzene rings is 6. The van der Waals surface area contributed by atoms with Gasteiger partial charge in [0.2, 0.25) is 0 Å². The fourth-order valence-electron chi connectivity index (χ4n) is 7.80. The van der Waals surface area contributed by atoms with Gasteiger partial charge in [0.05, 0.1) is 40.6 Å². The molecule has 2 atom stereocenters. The molecule has 0 spiro atoms. The van der Waals surface area contributed by atoms with Gasteiger partial charge in [-0.1, -0.05) is 133 Å². The summed E-state index contributed by atoms with van der Waals surface area (Å²) in [4.78, 5) is 5.21. The smallest absolute Gasteiger partial charge is 0.137 e. The van der Waals surface area contributed by atoms with E-state index in [0.717, 1.165) is 28.1 Å². The summed E-state index contributed by atoms with van der Waals surface area (Å²) in [7, 11) is 0. The molecule has 50 heavy (non-hydrogen) atoms. The van der Waals surface area contributed by atoms with E-state index in [9.17, 15) is 0 Å². The van der Waals surface area contributed by atoms with Crippen LogP contribution < -0.4 is 16.0 Å². The Hall–Kier alpha value is -6.05. The van der Waals surface area contributed by atoms with Gasteiger partial charge < -0.3 is 4.57 Å². The standard InChI is InChI=1S/C44H34N6/c1-4-14-29(15-5-1)42-46-43(30-16-6-2-7-17-30)48-44(47-42)31-24-27-39(45-28-31)50-38-23-13-11-21-34(38)36-26-25-35-33-20-10-12-22-37(33)49(40(35)41(36)50)32-18-8-3-9-19-32/h1-28,42-44,46-48H. The number of aromatic nitrogens is 3. The van der Waals surface area contributed by atoms with Gasteiger partial charge in [0.15, 0.2) is 0 Å². The van der Waals surface area contributed by atoms with Crippen LogP contribution in [0.2, 0.25) is 0 Å². The molecule has 1 saturated heterocycles. The van der Waals surface area contributed by atoms with Crippen LogP contribution in [0.1, 0.15) is 35.2 Å². The van der Waals surface area contributed by atoms with Crippen LogP contribution in [0.4, 0.5) is 0 Å². The number of nitrogens with zero attached hydrogens (tertiary/aromatic N) is 3. The third-order valence-corrected chi connectivity index (χ3v) is 10.1. The molecule has 0 saturated carbocycles. The average Bonchev–Trinajstić information content (AvgIpc) is 3.72. The molecular formula is C44H34N6. The van der Waals surface area contributed by atoms with Crippen molar-refractivity contribution in [2.24, 2.45) is 0 Å². The van der Waals surface area contributed by atoms with E-state index in [1.807, 2.05) is 6.20 Å². The highest BCUT2D eigenvalue weighted by Gasteiger charge is 2.30. The van der Waals surface area contributed by atoms with E-state index in [-0.39, 0.29) is 18.5 Å². The van der Waals surface area contributed by atoms with Gasteiger partial charge in [-0.25, -0.2) is 4.98 Å². The summed E-state index contributed by atoms with van der Waals surface area (Å²) in [5, 5.41) is 16.2. The summed E-state index contributed by atoms with van der Waals surface area (Å²) in [6.45, 7) is 0. The quantitative estimate of drug-likeness (QED) is 0.174. The molecule has 3 aromatic heterocycles. The lowest BCUT2D eigenvalue weighted by atomic mass is 10.1. The maximum atomic E-state index is 5.21. The zero-order valence-electron chi connectivity index (χ0n) is 27.2. The third kappa shape index (κ3) is 4.65. The van der Waals surface area contributed by atoms with Crippen LogP contribution in [0.25, 0.3) is 55.1 Å². The molecule has 2 unspecified atom stereocenters. The number of hydrogen-bond donors (Lipinski definition) is 3. The van der Waals surface area contributed by atoms with Crippen LogP contribution >= 0.6 is 0 Å². The van der Waals surface area contributed by atoms with Crippen LogP contribution in [-0.4, -0.2) is 14.1 Å². The number of nitrogens with one attached hydrogen (secondary N) is 3. The minimum absolute atomic E-state index is 0.0436. The number of para-hydroxylation sites is 3. The Morgan fingerprint density at radius 1 is 0.380 bits per heavy atom. The van der Waals surface area contributed by atoms with Crippen molar-refractivity contribution < 1.29 is 0 Å². The molecule has 3 N–H and O–H groups in total. The maximum absolute atomic E-state index is 5.21. The van der Waals surface area contributed by atoms with Gasteiger partial charge in [0.1, 0.15) is 5.82 Å². The largest absolute Gasteiger partial charge is 0.307 e. The predicted octanol–water partition coefficient (Wildman–Crippen LogP) is 9.45. The van der Waals surface area contributed by atoms with E-state index in [1.165, 1.54) is 43.7 Å². The fourth-order valence-corrected chi connectivity index (χ4v) is 7.80. The van der Waals surface area contributed by atoms with E-state index >= 15 is 0 Å². The fraction of sp³-hybridized carbons (Fsp3) is 0.0682. The lowest BCUT2D eigenvalue weighted by molar-refractivity contribution is 0.203. The summed E-state index contributed by atoms with van der Waals surface area (Å²) < 4.78 is 4.75. The average molecular weight is 647 g/mol. The molecular weight excluding hydrogens is 613 g/mol. The molecule has 0 amide bonds. The lowest BCUT2D eigenvalue weighted by Gasteiger charge is -2.39. The summed E-state index contributed by atoms with van der Waals surface area (Å²) >= 11 is 0.